The molecule has 2 rings (SSSR count). The number of carbonyl (C=O) groups is 2. The van der Waals surface area contributed by atoms with E-state index in [-0.39, 0.29) is 55.6 Å². The van der Waals surface area contributed by atoms with E-state index in [0.717, 1.165) is 12.4 Å². The lowest BCUT2D eigenvalue weighted by Gasteiger charge is -2.03. The summed E-state index contributed by atoms with van der Waals surface area (Å²) >= 11 is 23.2. The second-order valence-electron chi connectivity index (χ2n) is 5.74. The third-order valence-corrected chi connectivity index (χ3v) is 4.49. The third-order valence-electron chi connectivity index (χ3n) is 3.48. The summed E-state index contributed by atoms with van der Waals surface area (Å²) < 4.78 is 0. The van der Waals surface area contributed by atoms with Crippen LogP contribution in [0, 0.1) is 0 Å². The first-order valence-corrected chi connectivity index (χ1v) is 9.68. The summed E-state index contributed by atoms with van der Waals surface area (Å²) in [6.45, 7) is 0. The summed E-state index contributed by atoms with van der Waals surface area (Å²) in [7, 11) is 0. The van der Waals surface area contributed by atoms with Gasteiger partial charge in [0.05, 0.1) is 22.5 Å². The van der Waals surface area contributed by atoms with Gasteiger partial charge in [0.15, 0.2) is 0 Å². The minimum absolute atomic E-state index is 0.0425. The van der Waals surface area contributed by atoms with E-state index in [0.29, 0.717) is 0 Å². The van der Waals surface area contributed by atoms with Gasteiger partial charge in [0.2, 0.25) is 11.8 Å². The van der Waals surface area contributed by atoms with E-state index in [1.807, 2.05) is 0 Å². The van der Waals surface area contributed by atoms with Gasteiger partial charge in [-0.2, -0.15) is 10.2 Å². The molecule has 0 aromatic heterocycles. The molecule has 30 heavy (non-hydrogen) atoms. The van der Waals surface area contributed by atoms with E-state index in [2.05, 4.69) is 21.1 Å². The maximum atomic E-state index is 11.8. The third kappa shape index (κ3) is 7.07. The van der Waals surface area contributed by atoms with E-state index in [1.165, 1.54) is 24.3 Å². The molecule has 0 aliphatic heterocycles. The van der Waals surface area contributed by atoms with Gasteiger partial charge in [-0.1, -0.05) is 46.4 Å². The molecule has 0 aliphatic rings. The van der Waals surface area contributed by atoms with Gasteiger partial charge >= 0.3 is 0 Å². The zero-order valence-electron chi connectivity index (χ0n) is 15.0. The Morgan fingerprint density at radius 1 is 0.767 bits per heavy atom. The Morgan fingerprint density at radius 3 is 1.50 bits per heavy atom. The maximum absolute atomic E-state index is 11.8. The lowest BCUT2D eigenvalue weighted by Crippen LogP contribution is -2.22. The van der Waals surface area contributed by atoms with Gasteiger partial charge < -0.3 is 10.2 Å². The highest BCUT2D eigenvalue weighted by Gasteiger charge is 2.09. The number of hydrazone groups is 2. The van der Waals surface area contributed by atoms with Crippen LogP contribution in [0.3, 0.4) is 0 Å². The number of benzene rings is 2. The second kappa shape index (κ2) is 11.0. The first-order chi connectivity index (χ1) is 14.2. The quantitative estimate of drug-likeness (QED) is 0.344. The summed E-state index contributed by atoms with van der Waals surface area (Å²) in [4.78, 5) is 23.5. The molecule has 0 spiro atoms. The van der Waals surface area contributed by atoms with Crippen molar-refractivity contribution in [3.05, 3.63) is 55.5 Å². The Bertz CT molecular complexity index is 946. The maximum Gasteiger partial charge on any atom is 0.240 e. The largest absolute Gasteiger partial charge is 0.506 e. The number of hydrogen-bond donors (Lipinski definition) is 4. The molecule has 2 aromatic rings. The number of rotatable bonds is 7. The normalized spacial score (nSPS) is 11.2. The monoisotopic (exact) mass is 490 g/mol. The number of halogens is 4. The molecule has 0 saturated carbocycles. The van der Waals surface area contributed by atoms with Crippen molar-refractivity contribution >= 4 is 70.6 Å². The molecule has 0 aliphatic carbocycles. The number of phenols is 2. The molecule has 2 aromatic carbocycles. The molecular formula is C18H14Cl4N4O4. The van der Waals surface area contributed by atoms with Crippen LogP contribution in [0.5, 0.6) is 11.5 Å². The number of nitrogens with one attached hydrogen (secondary N) is 2. The van der Waals surface area contributed by atoms with Gasteiger partial charge in [0.1, 0.15) is 11.5 Å². The van der Waals surface area contributed by atoms with Crippen LogP contribution in [0.1, 0.15) is 24.0 Å². The van der Waals surface area contributed by atoms with Crippen molar-refractivity contribution in [2.24, 2.45) is 10.2 Å². The predicted octanol–water partition coefficient (Wildman–Crippen LogP) is 4.09. The fourth-order valence-electron chi connectivity index (χ4n) is 2.06. The SMILES string of the molecule is O=C(CCC(=O)N/N=C/c1cc(Cl)cc(Cl)c1O)N/N=C/c1cc(Cl)cc(Cl)c1O. The molecule has 0 unspecified atom stereocenters. The smallest absolute Gasteiger partial charge is 0.240 e. The number of aromatic hydroxyl groups is 2. The molecule has 158 valence electrons. The van der Waals surface area contributed by atoms with Crippen LogP contribution < -0.4 is 10.9 Å². The highest BCUT2D eigenvalue weighted by molar-refractivity contribution is 6.36. The first-order valence-electron chi connectivity index (χ1n) is 8.17. The fourth-order valence-corrected chi connectivity index (χ4v) is 3.07. The van der Waals surface area contributed by atoms with Crippen molar-refractivity contribution < 1.29 is 19.8 Å². The van der Waals surface area contributed by atoms with Gasteiger partial charge in [0, 0.05) is 34.0 Å². The highest BCUT2D eigenvalue weighted by Crippen LogP contribution is 2.30. The van der Waals surface area contributed by atoms with Gasteiger partial charge in [-0.15, -0.1) is 0 Å². The molecule has 2 amide bonds. The molecule has 0 saturated heterocycles. The Labute approximate surface area is 191 Å². The van der Waals surface area contributed by atoms with E-state index < -0.39 is 11.8 Å². The number of carbonyl (C=O) groups excluding carboxylic acids is 2. The van der Waals surface area contributed by atoms with Crippen molar-refractivity contribution in [1.82, 2.24) is 10.9 Å². The van der Waals surface area contributed by atoms with Crippen LogP contribution in [0.15, 0.2) is 34.5 Å². The van der Waals surface area contributed by atoms with Crippen molar-refractivity contribution in [1.29, 1.82) is 0 Å². The van der Waals surface area contributed by atoms with Crippen molar-refractivity contribution in [2.75, 3.05) is 0 Å². The lowest BCUT2D eigenvalue weighted by molar-refractivity contribution is -0.126. The molecule has 0 atom stereocenters. The molecule has 8 nitrogen and oxygen atoms in total. The summed E-state index contributed by atoms with van der Waals surface area (Å²) in [5, 5.41) is 27.6. The van der Waals surface area contributed by atoms with Crippen molar-refractivity contribution in [3.63, 3.8) is 0 Å². The standard InChI is InChI=1S/C18H14Cl4N4O4/c19-11-3-9(17(29)13(21)5-11)7-23-25-15(27)1-2-16(28)26-24-8-10-4-12(20)6-14(22)18(10)30/h3-8,29-30H,1-2H2,(H,25,27)(H,26,28)/b23-7+,24-8+. The Kier molecular flexibility index (Phi) is 8.73. The second-order valence-corrected chi connectivity index (χ2v) is 7.42. The molecule has 12 heteroatoms. The Balaban J connectivity index is 1.80. The zero-order chi connectivity index (χ0) is 22.3. The van der Waals surface area contributed by atoms with Crippen LogP contribution in [-0.4, -0.2) is 34.5 Å². The highest BCUT2D eigenvalue weighted by atomic mass is 35.5. The van der Waals surface area contributed by atoms with Crippen LogP contribution in [0.4, 0.5) is 0 Å². The van der Waals surface area contributed by atoms with Crippen LogP contribution in [0.25, 0.3) is 0 Å². The van der Waals surface area contributed by atoms with Gasteiger partial charge in [-0.05, 0) is 24.3 Å². The van der Waals surface area contributed by atoms with Crippen molar-refractivity contribution in [3.8, 4) is 11.5 Å². The van der Waals surface area contributed by atoms with E-state index >= 15 is 0 Å². The summed E-state index contributed by atoms with van der Waals surface area (Å²) in [5.74, 6) is -1.55. The average molecular weight is 492 g/mol. The summed E-state index contributed by atoms with van der Waals surface area (Å²) in [6, 6.07) is 5.54. The molecule has 0 heterocycles. The minimum Gasteiger partial charge on any atom is -0.506 e. The van der Waals surface area contributed by atoms with Gasteiger partial charge in [0.25, 0.3) is 0 Å². The Morgan fingerprint density at radius 2 is 1.13 bits per heavy atom. The topological polar surface area (TPSA) is 123 Å². The predicted molar refractivity (Wildman–Crippen MR) is 117 cm³/mol. The van der Waals surface area contributed by atoms with Gasteiger partial charge in [-0.25, -0.2) is 10.9 Å². The number of amides is 2. The van der Waals surface area contributed by atoms with E-state index in [9.17, 15) is 19.8 Å². The zero-order valence-corrected chi connectivity index (χ0v) is 18.0. The first kappa shape index (κ1) is 23.8. The molecule has 0 radical (unpaired) electrons. The average Bonchev–Trinajstić information content (AvgIpc) is 2.67. The van der Waals surface area contributed by atoms with Crippen LogP contribution in [-0.2, 0) is 9.59 Å². The van der Waals surface area contributed by atoms with Crippen molar-refractivity contribution in [2.45, 2.75) is 12.8 Å². The van der Waals surface area contributed by atoms with Crippen LogP contribution >= 0.6 is 46.4 Å². The van der Waals surface area contributed by atoms with Gasteiger partial charge in [-0.3, -0.25) is 9.59 Å². The van der Waals surface area contributed by atoms with E-state index in [4.69, 9.17) is 46.4 Å². The minimum atomic E-state index is -0.544. The number of phenolic OH excluding ortho intramolecular Hbond substituents is 2. The molecular weight excluding hydrogens is 478 g/mol. The fraction of sp³-hybridized carbons (Fsp3) is 0.111. The number of hydrogen-bond acceptors (Lipinski definition) is 6. The molecule has 4 N–H and O–H groups in total. The molecule has 0 fully saturated rings. The lowest BCUT2D eigenvalue weighted by atomic mass is 10.2. The van der Waals surface area contributed by atoms with Crippen LogP contribution in [0.2, 0.25) is 20.1 Å². The Hall–Kier alpha value is -2.52. The molecule has 0 bridgehead atoms. The number of nitrogens with zero attached hydrogens (tertiary/aromatic N) is 2. The van der Waals surface area contributed by atoms with E-state index in [1.54, 1.807) is 0 Å². The summed E-state index contributed by atoms with van der Waals surface area (Å²) in [5.41, 5.74) is 4.84. The summed E-state index contributed by atoms with van der Waals surface area (Å²) in [6.07, 6.45) is 1.99.